The SMILES string of the molecule is O=C1N[C@@H]2c3ccccc3C=C[C@@H]2c2ccccc21. The molecule has 2 heteroatoms. The van der Waals surface area contributed by atoms with E-state index >= 15 is 0 Å². The maximum atomic E-state index is 12.2. The van der Waals surface area contributed by atoms with Crippen LogP contribution in [0.4, 0.5) is 0 Å². The number of amides is 1. The molecule has 0 fully saturated rings. The molecule has 92 valence electrons. The summed E-state index contributed by atoms with van der Waals surface area (Å²) in [6.45, 7) is 0. The quantitative estimate of drug-likeness (QED) is 0.760. The summed E-state index contributed by atoms with van der Waals surface area (Å²) in [6.07, 6.45) is 4.36. The minimum atomic E-state index is 0.0296. The molecule has 2 aliphatic rings. The van der Waals surface area contributed by atoms with Crippen LogP contribution in [0.25, 0.3) is 6.08 Å². The molecule has 0 aromatic heterocycles. The van der Waals surface area contributed by atoms with Crippen molar-refractivity contribution in [1.82, 2.24) is 5.32 Å². The largest absolute Gasteiger partial charge is 0.344 e. The fourth-order valence-electron chi connectivity index (χ4n) is 3.12. The van der Waals surface area contributed by atoms with Crippen molar-refractivity contribution < 1.29 is 4.79 Å². The number of carbonyl (C=O) groups excluding carboxylic acids is 1. The van der Waals surface area contributed by atoms with Gasteiger partial charge in [-0.05, 0) is 22.8 Å². The third-order valence-electron chi connectivity index (χ3n) is 4.02. The molecule has 2 aromatic rings. The summed E-state index contributed by atoms with van der Waals surface area (Å²) in [5, 5.41) is 3.14. The highest BCUT2D eigenvalue weighted by atomic mass is 16.1. The van der Waals surface area contributed by atoms with Gasteiger partial charge >= 0.3 is 0 Å². The highest BCUT2D eigenvalue weighted by Gasteiger charge is 2.35. The van der Waals surface area contributed by atoms with E-state index in [-0.39, 0.29) is 17.9 Å². The fourth-order valence-corrected chi connectivity index (χ4v) is 3.12. The van der Waals surface area contributed by atoms with Crippen molar-refractivity contribution in [3.8, 4) is 0 Å². The molecule has 0 saturated carbocycles. The average Bonchev–Trinajstić information content (AvgIpc) is 2.47. The topological polar surface area (TPSA) is 29.1 Å². The standard InChI is InChI=1S/C17H13NO/c19-17-15-8-4-3-7-13(15)14-10-9-11-5-1-2-6-12(11)16(14)18-17/h1-10,14,16H,(H,18,19)/t14-,16-/m1/s1. The lowest BCUT2D eigenvalue weighted by molar-refractivity contribution is 0.0919. The molecule has 0 spiro atoms. The molecular formula is C17H13NO. The fraction of sp³-hybridized carbons (Fsp3) is 0.118. The van der Waals surface area contributed by atoms with Crippen LogP contribution in [-0.2, 0) is 0 Å². The van der Waals surface area contributed by atoms with Gasteiger partial charge in [-0.3, -0.25) is 4.79 Å². The first-order valence-corrected chi connectivity index (χ1v) is 6.51. The monoisotopic (exact) mass is 247 g/mol. The van der Waals surface area contributed by atoms with Gasteiger partial charge in [-0.25, -0.2) is 0 Å². The predicted molar refractivity (Wildman–Crippen MR) is 74.9 cm³/mol. The van der Waals surface area contributed by atoms with Gasteiger partial charge in [0.15, 0.2) is 0 Å². The molecular weight excluding hydrogens is 234 g/mol. The third-order valence-corrected chi connectivity index (χ3v) is 4.02. The van der Waals surface area contributed by atoms with Gasteiger partial charge in [-0.1, -0.05) is 54.6 Å². The van der Waals surface area contributed by atoms with Crippen LogP contribution in [0.3, 0.4) is 0 Å². The zero-order chi connectivity index (χ0) is 12.8. The van der Waals surface area contributed by atoms with Crippen molar-refractivity contribution in [2.45, 2.75) is 12.0 Å². The molecule has 1 N–H and O–H groups in total. The number of benzene rings is 2. The first-order valence-electron chi connectivity index (χ1n) is 6.51. The van der Waals surface area contributed by atoms with Crippen LogP contribution >= 0.6 is 0 Å². The molecule has 1 aliphatic heterocycles. The van der Waals surface area contributed by atoms with Crippen LogP contribution in [0, 0.1) is 0 Å². The summed E-state index contributed by atoms with van der Waals surface area (Å²) < 4.78 is 0. The van der Waals surface area contributed by atoms with Crippen LogP contribution in [0.1, 0.15) is 39.0 Å². The molecule has 1 amide bonds. The molecule has 19 heavy (non-hydrogen) atoms. The van der Waals surface area contributed by atoms with Gasteiger partial charge in [-0.2, -0.15) is 0 Å². The Morgan fingerprint density at radius 3 is 2.53 bits per heavy atom. The van der Waals surface area contributed by atoms with Gasteiger partial charge in [0.25, 0.3) is 5.91 Å². The predicted octanol–water partition coefficient (Wildman–Crippen LogP) is 3.28. The number of fused-ring (bicyclic) bond motifs is 5. The van der Waals surface area contributed by atoms with Gasteiger partial charge in [0.1, 0.15) is 0 Å². The van der Waals surface area contributed by atoms with Crippen molar-refractivity contribution >= 4 is 12.0 Å². The van der Waals surface area contributed by atoms with Crippen LogP contribution < -0.4 is 5.32 Å². The van der Waals surface area contributed by atoms with Crippen LogP contribution in [0.2, 0.25) is 0 Å². The van der Waals surface area contributed by atoms with E-state index in [9.17, 15) is 4.79 Å². The highest BCUT2D eigenvalue weighted by molar-refractivity contribution is 5.98. The van der Waals surface area contributed by atoms with E-state index in [0.717, 1.165) is 11.1 Å². The molecule has 0 radical (unpaired) electrons. The maximum absolute atomic E-state index is 12.2. The van der Waals surface area contributed by atoms with Gasteiger partial charge in [0.2, 0.25) is 0 Å². The van der Waals surface area contributed by atoms with E-state index in [1.54, 1.807) is 0 Å². The minimum Gasteiger partial charge on any atom is -0.344 e. The smallest absolute Gasteiger partial charge is 0.252 e. The zero-order valence-corrected chi connectivity index (χ0v) is 10.3. The van der Waals surface area contributed by atoms with Gasteiger partial charge in [0.05, 0.1) is 6.04 Å². The number of rotatable bonds is 0. The van der Waals surface area contributed by atoms with Gasteiger partial charge < -0.3 is 5.32 Å². The number of hydrogen-bond donors (Lipinski definition) is 1. The van der Waals surface area contributed by atoms with Gasteiger partial charge in [0, 0.05) is 11.5 Å². The lowest BCUT2D eigenvalue weighted by Crippen LogP contribution is -2.39. The number of carbonyl (C=O) groups is 1. The van der Waals surface area contributed by atoms with E-state index in [4.69, 9.17) is 0 Å². The second-order valence-corrected chi connectivity index (χ2v) is 5.05. The van der Waals surface area contributed by atoms with Gasteiger partial charge in [-0.15, -0.1) is 0 Å². The zero-order valence-electron chi connectivity index (χ0n) is 10.3. The normalized spacial score (nSPS) is 23.1. The Hall–Kier alpha value is -2.35. The van der Waals surface area contributed by atoms with E-state index in [1.165, 1.54) is 11.1 Å². The van der Waals surface area contributed by atoms with Crippen molar-refractivity contribution in [2.75, 3.05) is 0 Å². The van der Waals surface area contributed by atoms with Crippen molar-refractivity contribution in [3.63, 3.8) is 0 Å². The Bertz CT molecular complexity index is 702. The van der Waals surface area contributed by atoms with E-state index in [0.29, 0.717) is 0 Å². The van der Waals surface area contributed by atoms with E-state index in [2.05, 4.69) is 35.7 Å². The number of nitrogens with one attached hydrogen (secondary N) is 1. The van der Waals surface area contributed by atoms with E-state index < -0.39 is 0 Å². The molecule has 0 unspecified atom stereocenters. The Labute approximate surface area is 111 Å². The Kier molecular flexibility index (Phi) is 2.12. The molecule has 4 rings (SSSR count). The molecule has 1 aliphatic carbocycles. The molecule has 0 saturated heterocycles. The second kappa shape index (κ2) is 3.82. The molecule has 2 atom stereocenters. The Morgan fingerprint density at radius 2 is 1.63 bits per heavy atom. The maximum Gasteiger partial charge on any atom is 0.252 e. The Balaban J connectivity index is 1.92. The molecule has 2 aromatic carbocycles. The number of hydrogen-bond acceptors (Lipinski definition) is 1. The summed E-state index contributed by atoms with van der Waals surface area (Å²) in [7, 11) is 0. The van der Waals surface area contributed by atoms with E-state index in [1.807, 2.05) is 30.3 Å². The van der Waals surface area contributed by atoms with Crippen LogP contribution in [0.5, 0.6) is 0 Å². The summed E-state index contributed by atoms with van der Waals surface area (Å²) in [4.78, 5) is 12.2. The van der Waals surface area contributed by atoms with Crippen molar-refractivity contribution in [3.05, 3.63) is 76.9 Å². The third kappa shape index (κ3) is 1.46. The molecule has 0 bridgehead atoms. The second-order valence-electron chi connectivity index (χ2n) is 5.05. The summed E-state index contributed by atoms with van der Waals surface area (Å²) in [5.41, 5.74) is 4.33. The minimum absolute atomic E-state index is 0.0296. The molecule has 2 nitrogen and oxygen atoms in total. The average molecular weight is 247 g/mol. The first kappa shape index (κ1) is 10.6. The highest BCUT2D eigenvalue weighted by Crippen LogP contribution is 2.42. The van der Waals surface area contributed by atoms with Crippen molar-refractivity contribution in [1.29, 1.82) is 0 Å². The lowest BCUT2D eigenvalue weighted by Gasteiger charge is -2.35. The van der Waals surface area contributed by atoms with Crippen molar-refractivity contribution in [2.24, 2.45) is 0 Å². The Morgan fingerprint density at radius 1 is 0.895 bits per heavy atom. The summed E-state index contributed by atoms with van der Waals surface area (Å²) >= 11 is 0. The van der Waals surface area contributed by atoms with Crippen LogP contribution in [0.15, 0.2) is 54.6 Å². The van der Waals surface area contributed by atoms with Crippen LogP contribution in [-0.4, -0.2) is 5.91 Å². The molecule has 1 heterocycles. The lowest BCUT2D eigenvalue weighted by atomic mass is 9.77. The first-order chi connectivity index (χ1) is 9.34. The summed E-state index contributed by atoms with van der Waals surface area (Å²) in [6, 6.07) is 16.2. The summed E-state index contributed by atoms with van der Waals surface area (Å²) in [5.74, 6) is 0.269.